The van der Waals surface area contributed by atoms with Gasteiger partial charge in [-0.3, -0.25) is 0 Å². The van der Waals surface area contributed by atoms with E-state index in [0.717, 1.165) is 0 Å². The summed E-state index contributed by atoms with van der Waals surface area (Å²) < 4.78 is 16.8. The molecule has 1 rings (SSSR count). The standard InChI is InChI=1S/C13H24O3Si/c1-5-13(12-10-8-7-9-11-12)16-17(6-2,14-3)15-4/h5-6,12-13H,1-2,7-11H2,3-4H3. The van der Waals surface area contributed by atoms with Gasteiger partial charge in [0.05, 0.1) is 6.10 Å². The van der Waals surface area contributed by atoms with Crippen LogP contribution >= 0.6 is 0 Å². The van der Waals surface area contributed by atoms with Crippen molar-refractivity contribution in [3.05, 3.63) is 24.9 Å². The first-order valence-electron chi connectivity index (χ1n) is 6.25. The Morgan fingerprint density at radius 2 is 1.71 bits per heavy atom. The predicted octanol–water partition coefficient (Wildman–Crippen LogP) is 3.09. The highest BCUT2D eigenvalue weighted by atomic mass is 28.4. The molecule has 0 aliphatic heterocycles. The molecule has 0 radical (unpaired) electrons. The summed E-state index contributed by atoms with van der Waals surface area (Å²) in [5.41, 5.74) is 1.67. The van der Waals surface area contributed by atoms with E-state index < -0.39 is 8.80 Å². The van der Waals surface area contributed by atoms with Crippen LogP contribution in [0.15, 0.2) is 24.9 Å². The average molecular weight is 256 g/mol. The van der Waals surface area contributed by atoms with Crippen molar-refractivity contribution in [2.24, 2.45) is 5.92 Å². The van der Waals surface area contributed by atoms with E-state index in [2.05, 4.69) is 13.2 Å². The van der Waals surface area contributed by atoms with E-state index in [9.17, 15) is 0 Å². The highest BCUT2D eigenvalue weighted by Crippen LogP contribution is 2.30. The zero-order valence-electron chi connectivity index (χ0n) is 11.0. The molecule has 3 nitrogen and oxygen atoms in total. The van der Waals surface area contributed by atoms with Crippen molar-refractivity contribution in [2.45, 2.75) is 38.2 Å². The van der Waals surface area contributed by atoms with Crippen LogP contribution in [0.3, 0.4) is 0 Å². The molecule has 0 bridgehead atoms. The van der Waals surface area contributed by atoms with E-state index in [-0.39, 0.29) is 6.10 Å². The average Bonchev–Trinajstić information content (AvgIpc) is 2.42. The summed E-state index contributed by atoms with van der Waals surface area (Å²) in [6.07, 6.45) is 8.18. The summed E-state index contributed by atoms with van der Waals surface area (Å²) in [7, 11) is 0.526. The second-order valence-corrected chi connectivity index (χ2v) is 7.10. The summed E-state index contributed by atoms with van der Waals surface area (Å²) in [6.45, 7) is 7.63. The van der Waals surface area contributed by atoms with Gasteiger partial charge in [-0.25, -0.2) is 0 Å². The summed E-state index contributed by atoms with van der Waals surface area (Å²) in [4.78, 5) is 0. The Labute approximate surface area is 106 Å². The molecule has 0 amide bonds. The molecule has 1 aliphatic carbocycles. The summed E-state index contributed by atoms with van der Waals surface area (Å²) in [5, 5.41) is 0. The second kappa shape index (κ2) is 7.11. The molecule has 0 heterocycles. The van der Waals surface area contributed by atoms with Crippen LogP contribution in [0.25, 0.3) is 0 Å². The number of rotatable bonds is 7. The lowest BCUT2D eigenvalue weighted by Gasteiger charge is -2.33. The fraction of sp³-hybridized carbons (Fsp3) is 0.692. The molecule has 4 heteroatoms. The second-order valence-electron chi connectivity index (χ2n) is 4.43. The van der Waals surface area contributed by atoms with Crippen LogP contribution in [0.1, 0.15) is 32.1 Å². The lowest BCUT2D eigenvalue weighted by Crippen LogP contribution is -2.46. The predicted molar refractivity (Wildman–Crippen MR) is 71.6 cm³/mol. The van der Waals surface area contributed by atoms with E-state index in [0.29, 0.717) is 5.92 Å². The molecular weight excluding hydrogens is 232 g/mol. The Morgan fingerprint density at radius 1 is 1.12 bits per heavy atom. The van der Waals surface area contributed by atoms with Gasteiger partial charge in [0, 0.05) is 14.2 Å². The maximum atomic E-state index is 6.03. The molecule has 0 aromatic heterocycles. The van der Waals surface area contributed by atoms with Gasteiger partial charge in [0.25, 0.3) is 0 Å². The van der Waals surface area contributed by atoms with Crippen LogP contribution in [-0.2, 0) is 13.3 Å². The largest absolute Gasteiger partial charge is 0.528 e. The van der Waals surface area contributed by atoms with Gasteiger partial charge in [-0.2, -0.15) is 0 Å². The van der Waals surface area contributed by atoms with Crippen molar-refractivity contribution in [1.82, 2.24) is 0 Å². The zero-order chi connectivity index (χ0) is 12.7. The topological polar surface area (TPSA) is 27.7 Å². The molecule has 17 heavy (non-hydrogen) atoms. The van der Waals surface area contributed by atoms with Crippen LogP contribution in [0.4, 0.5) is 0 Å². The van der Waals surface area contributed by atoms with Gasteiger partial charge < -0.3 is 13.3 Å². The van der Waals surface area contributed by atoms with Crippen molar-refractivity contribution >= 4 is 8.80 Å². The van der Waals surface area contributed by atoms with E-state index in [1.165, 1.54) is 32.1 Å². The first kappa shape index (κ1) is 14.6. The third kappa shape index (κ3) is 3.78. The van der Waals surface area contributed by atoms with Gasteiger partial charge in [-0.05, 0) is 24.5 Å². The van der Waals surface area contributed by atoms with E-state index in [4.69, 9.17) is 13.3 Å². The Bertz CT molecular complexity index is 245. The fourth-order valence-electron chi connectivity index (χ4n) is 2.38. The minimum atomic E-state index is -2.69. The molecule has 1 unspecified atom stereocenters. The van der Waals surface area contributed by atoms with Crippen molar-refractivity contribution in [2.75, 3.05) is 14.2 Å². The van der Waals surface area contributed by atoms with Crippen LogP contribution < -0.4 is 0 Å². The lowest BCUT2D eigenvalue weighted by molar-refractivity contribution is 0.0499. The van der Waals surface area contributed by atoms with E-state index in [1.807, 2.05) is 6.08 Å². The van der Waals surface area contributed by atoms with Gasteiger partial charge in [-0.15, -0.1) is 6.58 Å². The van der Waals surface area contributed by atoms with Gasteiger partial charge in [-0.1, -0.05) is 31.9 Å². The lowest BCUT2D eigenvalue weighted by atomic mass is 9.85. The zero-order valence-corrected chi connectivity index (χ0v) is 12.0. The Hall–Kier alpha value is -0.423. The first-order valence-corrected chi connectivity index (χ1v) is 8.06. The molecule has 1 atom stereocenters. The van der Waals surface area contributed by atoms with Crippen molar-refractivity contribution in [3.8, 4) is 0 Å². The molecular formula is C13H24O3Si. The van der Waals surface area contributed by atoms with Crippen LogP contribution in [-0.4, -0.2) is 29.1 Å². The Morgan fingerprint density at radius 3 is 2.12 bits per heavy atom. The Kier molecular flexibility index (Phi) is 6.12. The fourth-order valence-corrected chi connectivity index (χ4v) is 3.84. The minimum Gasteiger partial charge on any atom is -0.374 e. The molecule has 1 saturated carbocycles. The van der Waals surface area contributed by atoms with Crippen LogP contribution in [0.5, 0.6) is 0 Å². The summed E-state index contributed by atoms with van der Waals surface area (Å²) in [5.74, 6) is 0.540. The Balaban J connectivity index is 2.66. The van der Waals surface area contributed by atoms with Crippen molar-refractivity contribution in [3.63, 3.8) is 0 Å². The molecule has 1 aliphatic rings. The summed E-state index contributed by atoms with van der Waals surface area (Å²) >= 11 is 0. The third-order valence-electron chi connectivity index (χ3n) is 3.47. The van der Waals surface area contributed by atoms with Crippen LogP contribution in [0.2, 0.25) is 0 Å². The maximum absolute atomic E-state index is 6.03. The summed E-state index contributed by atoms with van der Waals surface area (Å²) in [6, 6.07) is 0. The van der Waals surface area contributed by atoms with E-state index >= 15 is 0 Å². The molecule has 0 saturated heterocycles. The van der Waals surface area contributed by atoms with Crippen molar-refractivity contribution < 1.29 is 13.3 Å². The molecule has 0 N–H and O–H groups in total. The van der Waals surface area contributed by atoms with E-state index in [1.54, 1.807) is 19.9 Å². The smallest absolute Gasteiger partial charge is 0.374 e. The molecule has 1 fully saturated rings. The molecule has 98 valence electrons. The van der Waals surface area contributed by atoms with Gasteiger partial charge in [0.1, 0.15) is 0 Å². The quantitative estimate of drug-likeness (QED) is 0.517. The molecule has 0 aromatic carbocycles. The molecule has 0 spiro atoms. The molecule has 0 aromatic rings. The van der Waals surface area contributed by atoms with Crippen LogP contribution in [0, 0.1) is 5.92 Å². The van der Waals surface area contributed by atoms with Gasteiger partial charge in [0.15, 0.2) is 0 Å². The minimum absolute atomic E-state index is 0.0138. The normalized spacial score (nSPS) is 19.9. The monoisotopic (exact) mass is 256 g/mol. The van der Waals surface area contributed by atoms with Gasteiger partial charge in [0.2, 0.25) is 0 Å². The highest BCUT2D eigenvalue weighted by Gasteiger charge is 2.39. The third-order valence-corrected chi connectivity index (χ3v) is 5.70. The SMILES string of the molecule is C=CC(O[Si](C=C)(OC)OC)C1CCCCC1. The highest BCUT2D eigenvalue weighted by molar-refractivity contribution is 6.66. The maximum Gasteiger partial charge on any atom is 0.528 e. The van der Waals surface area contributed by atoms with Crippen molar-refractivity contribution in [1.29, 1.82) is 0 Å². The number of hydrogen-bond donors (Lipinski definition) is 0. The number of hydrogen-bond acceptors (Lipinski definition) is 3. The van der Waals surface area contributed by atoms with Gasteiger partial charge >= 0.3 is 8.80 Å². The first-order chi connectivity index (χ1) is 8.21.